The molecule has 0 unspecified atom stereocenters. The first-order valence-corrected chi connectivity index (χ1v) is 20.3. The summed E-state index contributed by atoms with van der Waals surface area (Å²) in [6.07, 6.45) is 0. The van der Waals surface area contributed by atoms with Crippen molar-refractivity contribution in [1.82, 2.24) is 0 Å². The van der Waals surface area contributed by atoms with Crippen LogP contribution in [0.4, 0.5) is 17.1 Å². The van der Waals surface area contributed by atoms with Gasteiger partial charge in [-0.15, -0.1) is 0 Å². The van der Waals surface area contributed by atoms with Gasteiger partial charge >= 0.3 is 0 Å². The Balaban J connectivity index is 0.961. The van der Waals surface area contributed by atoms with E-state index < -0.39 is 0 Å². The minimum Gasteiger partial charge on any atom is -0.310 e. The molecule has 0 N–H and O–H groups in total. The summed E-state index contributed by atoms with van der Waals surface area (Å²) in [7, 11) is 0. The Kier molecular flexibility index (Phi) is 8.56. The first-order valence-electron chi connectivity index (χ1n) is 20.3. The molecule has 0 aliphatic heterocycles. The van der Waals surface area contributed by atoms with E-state index in [1.165, 1.54) is 87.6 Å². The molecule has 1 nitrogen and oxygen atoms in total. The molecule has 0 saturated carbocycles. The lowest BCUT2D eigenvalue weighted by molar-refractivity contribution is 1.30. The van der Waals surface area contributed by atoms with Crippen LogP contribution in [0.3, 0.4) is 0 Å². The van der Waals surface area contributed by atoms with Gasteiger partial charge in [0.05, 0.1) is 5.69 Å². The predicted molar refractivity (Wildman–Crippen MR) is 253 cm³/mol. The Hall–Kier alpha value is -7.74. The van der Waals surface area contributed by atoms with Crippen molar-refractivity contribution >= 4 is 60.2 Å². The third-order valence-electron chi connectivity index (χ3n) is 11.9. The average molecular weight is 750 g/mol. The van der Waals surface area contributed by atoms with Crippen LogP contribution < -0.4 is 4.90 Å². The fourth-order valence-corrected chi connectivity index (χ4v) is 8.89. The van der Waals surface area contributed by atoms with Crippen LogP contribution >= 0.6 is 0 Å². The SMILES string of the molecule is c1ccc2c(-c3ccc(-c4ccc(N(c5ccc(-c6ccc(-c7cccc8ccccc78)cc6)cc5)c5cc6ccccc6c6ccccc56)cc4)cc3)cccc2c1. The van der Waals surface area contributed by atoms with Crippen LogP contribution in [0.15, 0.2) is 237 Å². The molecule has 1 heteroatoms. The van der Waals surface area contributed by atoms with Crippen LogP contribution in [0.1, 0.15) is 0 Å². The Bertz CT molecular complexity index is 3110. The second-order valence-corrected chi connectivity index (χ2v) is 15.3. The van der Waals surface area contributed by atoms with Crippen molar-refractivity contribution in [2.45, 2.75) is 0 Å². The van der Waals surface area contributed by atoms with Gasteiger partial charge in [-0.1, -0.05) is 206 Å². The molecule has 11 rings (SSSR count). The molecule has 0 radical (unpaired) electrons. The molecule has 276 valence electrons. The summed E-state index contributed by atoms with van der Waals surface area (Å²) in [6.45, 7) is 0. The van der Waals surface area contributed by atoms with Gasteiger partial charge < -0.3 is 4.90 Å². The van der Waals surface area contributed by atoms with Crippen LogP contribution in [0.2, 0.25) is 0 Å². The first-order chi connectivity index (χ1) is 29.2. The summed E-state index contributed by atoms with van der Waals surface area (Å²) in [4.78, 5) is 2.41. The lowest BCUT2D eigenvalue weighted by Crippen LogP contribution is -2.10. The minimum atomic E-state index is 1.11. The van der Waals surface area contributed by atoms with Crippen molar-refractivity contribution in [2.75, 3.05) is 4.90 Å². The van der Waals surface area contributed by atoms with Crippen LogP contribution in [-0.2, 0) is 0 Å². The van der Waals surface area contributed by atoms with Crippen LogP contribution in [0.25, 0.3) is 87.6 Å². The molecular formula is C58H39N. The zero-order valence-corrected chi connectivity index (χ0v) is 32.5. The van der Waals surface area contributed by atoms with Gasteiger partial charge in [-0.05, 0) is 113 Å². The summed E-state index contributed by atoms with van der Waals surface area (Å²) < 4.78 is 0. The molecule has 0 atom stereocenters. The van der Waals surface area contributed by atoms with Crippen molar-refractivity contribution in [3.63, 3.8) is 0 Å². The molecule has 0 bridgehead atoms. The Morgan fingerprint density at radius 3 is 1.03 bits per heavy atom. The topological polar surface area (TPSA) is 3.24 Å². The maximum Gasteiger partial charge on any atom is 0.0546 e. The highest BCUT2D eigenvalue weighted by molar-refractivity contribution is 6.14. The molecule has 0 aromatic heterocycles. The van der Waals surface area contributed by atoms with Gasteiger partial charge in [0.1, 0.15) is 0 Å². The highest BCUT2D eigenvalue weighted by Gasteiger charge is 2.18. The van der Waals surface area contributed by atoms with E-state index in [1.807, 2.05) is 0 Å². The quantitative estimate of drug-likeness (QED) is 0.147. The molecule has 0 fully saturated rings. The third kappa shape index (κ3) is 6.30. The van der Waals surface area contributed by atoms with E-state index in [0.29, 0.717) is 0 Å². The normalized spacial score (nSPS) is 11.4. The van der Waals surface area contributed by atoms with E-state index in [4.69, 9.17) is 0 Å². The zero-order valence-electron chi connectivity index (χ0n) is 32.5. The van der Waals surface area contributed by atoms with Crippen molar-refractivity contribution < 1.29 is 0 Å². The molecule has 0 aliphatic carbocycles. The number of hydrogen-bond donors (Lipinski definition) is 0. The van der Waals surface area contributed by atoms with E-state index in [-0.39, 0.29) is 0 Å². The maximum atomic E-state index is 2.41. The lowest BCUT2D eigenvalue weighted by Gasteiger charge is -2.28. The molecule has 11 aromatic carbocycles. The van der Waals surface area contributed by atoms with Gasteiger partial charge in [-0.25, -0.2) is 0 Å². The Morgan fingerprint density at radius 1 is 0.220 bits per heavy atom. The molecule has 0 saturated heterocycles. The molecule has 11 aromatic rings. The summed E-state index contributed by atoms with van der Waals surface area (Å²) in [5.41, 5.74) is 13.1. The van der Waals surface area contributed by atoms with Crippen molar-refractivity contribution in [3.05, 3.63) is 237 Å². The number of nitrogens with zero attached hydrogens (tertiary/aromatic N) is 1. The van der Waals surface area contributed by atoms with E-state index in [0.717, 1.165) is 17.1 Å². The monoisotopic (exact) mass is 749 g/mol. The highest BCUT2D eigenvalue weighted by atomic mass is 15.1. The molecular weight excluding hydrogens is 711 g/mol. The fourth-order valence-electron chi connectivity index (χ4n) is 8.89. The summed E-state index contributed by atoms with van der Waals surface area (Å²) in [6, 6.07) is 86.2. The van der Waals surface area contributed by atoms with E-state index in [2.05, 4.69) is 241 Å². The van der Waals surface area contributed by atoms with Gasteiger partial charge in [0.25, 0.3) is 0 Å². The van der Waals surface area contributed by atoms with Gasteiger partial charge in [-0.3, -0.25) is 0 Å². The van der Waals surface area contributed by atoms with Crippen molar-refractivity contribution in [3.8, 4) is 44.5 Å². The molecule has 0 spiro atoms. The largest absolute Gasteiger partial charge is 0.310 e. The number of anilines is 3. The fraction of sp³-hybridized carbons (Fsp3) is 0. The van der Waals surface area contributed by atoms with Crippen LogP contribution in [-0.4, -0.2) is 0 Å². The van der Waals surface area contributed by atoms with Crippen LogP contribution in [0, 0.1) is 0 Å². The van der Waals surface area contributed by atoms with Crippen LogP contribution in [0.5, 0.6) is 0 Å². The first kappa shape index (κ1) is 34.5. The van der Waals surface area contributed by atoms with Gasteiger partial charge in [-0.2, -0.15) is 0 Å². The van der Waals surface area contributed by atoms with Gasteiger partial charge in [0.2, 0.25) is 0 Å². The number of hydrogen-bond acceptors (Lipinski definition) is 1. The molecule has 0 amide bonds. The molecule has 0 heterocycles. The number of fused-ring (bicyclic) bond motifs is 5. The van der Waals surface area contributed by atoms with Gasteiger partial charge in [0, 0.05) is 16.8 Å². The van der Waals surface area contributed by atoms with Crippen molar-refractivity contribution in [1.29, 1.82) is 0 Å². The Labute approximate surface area is 344 Å². The standard InChI is InChI=1S/C58H39N/c1-4-16-51-44(11-1)14-9-21-53(51)46-27-23-40(24-28-46)42-31-35-49(36-32-42)59(58-39-48-13-3-6-18-55(48)56-19-7-8-20-57(56)58)50-37-33-43(34-38-50)41-25-29-47(30-26-41)54-22-10-15-45-12-2-5-17-52(45)54/h1-39H. The minimum absolute atomic E-state index is 1.11. The number of benzene rings is 11. The smallest absolute Gasteiger partial charge is 0.0546 e. The molecule has 0 aliphatic rings. The van der Waals surface area contributed by atoms with E-state index >= 15 is 0 Å². The zero-order chi connectivity index (χ0) is 39.1. The highest BCUT2D eigenvalue weighted by Crippen LogP contribution is 2.43. The maximum absolute atomic E-state index is 2.41. The van der Waals surface area contributed by atoms with E-state index in [1.54, 1.807) is 0 Å². The third-order valence-corrected chi connectivity index (χ3v) is 11.9. The number of rotatable bonds is 7. The lowest BCUT2D eigenvalue weighted by atomic mass is 9.95. The average Bonchev–Trinajstić information content (AvgIpc) is 3.32. The van der Waals surface area contributed by atoms with E-state index in [9.17, 15) is 0 Å². The summed E-state index contributed by atoms with van der Waals surface area (Å²) >= 11 is 0. The summed E-state index contributed by atoms with van der Waals surface area (Å²) in [5.74, 6) is 0. The second-order valence-electron chi connectivity index (χ2n) is 15.3. The van der Waals surface area contributed by atoms with Crippen molar-refractivity contribution in [2.24, 2.45) is 0 Å². The second kappa shape index (κ2) is 14.6. The van der Waals surface area contributed by atoms with Gasteiger partial charge in [0.15, 0.2) is 0 Å². The molecule has 59 heavy (non-hydrogen) atoms. The predicted octanol–water partition coefficient (Wildman–Crippen LogP) is 16.4. The summed E-state index contributed by atoms with van der Waals surface area (Å²) in [5, 5.41) is 10.0. The Morgan fingerprint density at radius 2 is 0.559 bits per heavy atom.